The number of hydrogen-bond acceptors (Lipinski definition) is 2. The quantitative estimate of drug-likeness (QED) is 0.761. The summed E-state index contributed by atoms with van der Waals surface area (Å²) >= 11 is 0. The number of likely N-dealkylation sites (N-methyl/N-ethyl adjacent to an activating group) is 1. The number of hydrogen-bond donors (Lipinski definition) is 1. The third-order valence-electron chi connectivity index (χ3n) is 2.06. The van der Waals surface area contributed by atoms with Gasteiger partial charge in [-0.1, -0.05) is 18.7 Å². The Labute approximate surface area is 89.6 Å². The Balaban J connectivity index is 2.67. The molecule has 1 amide bonds. The molecule has 0 heterocycles. The van der Waals surface area contributed by atoms with Crippen LogP contribution in [-0.2, 0) is 11.2 Å². The largest absolute Gasteiger partial charge is 0.508 e. The monoisotopic (exact) mass is 205 g/mol. The average molecular weight is 205 g/mol. The molecule has 0 saturated carbocycles. The summed E-state index contributed by atoms with van der Waals surface area (Å²) in [5, 5.41) is 9.09. The molecule has 3 heteroatoms. The smallest absolute Gasteiger partial charge is 0.248 e. The first kappa shape index (κ1) is 11.3. The Morgan fingerprint density at radius 3 is 2.33 bits per heavy atom. The lowest BCUT2D eigenvalue weighted by Crippen LogP contribution is -2.23. The van der Waals surface area contributed by atoms with Crippen LogP contribution in [0.25, 0.3) is 0 Å². The number of amides is 1. The first-order valence-electron chi connectivity index (χ1n) is 4.68. The van der Waals surface area contributed by atoms with Crippen LogP contribution in [0.1, 0.15) is 5.56 Å². The molecule has 0 saturated heterocycles. The summed E-state index contributed by atoms with van der Waals surface area (Å²) in [4.78, 5) is 13.0. The van der Waals surface area contributed by atoms with Gasteiger partial charge in [0.05, 0.1) is 0 Å². The summed E-state index contributed by atoms with van der Waals surface area (Å²) in [5.74, 6) is 0.159. The van der Waals surface area contributed by atoms with Gasteiger partial charge < -0.3 is 10.0 Å². The summed E-state index contributed by atoms with van der Waals surface area (Å²) < 4.78 is 0. The van der Waals surface area contributed by atoms with Gasteiger partial charge in [-0.05, 0) is 17.7 Å². The molecule has 1 aromatic carbocycles. The van der Waals surface area contributed by atoms with Crippen LogP contribution in [0.5, 0.6) is 5.75 Å². The fraction of sp³-hybridized carbons (Fsp3) is 0.250. The van der Waals surface area contributed by atoms with E-state index in [4.69, 9.17) is 5.11 Å². The van der Waals surface area contributed by atoms with Gasteiger partial charge in [-0.3, -0.25) is 4.79 Å². The van der Waals surface area contributed by atoms with Crippen LogP contribution < -0.4 is 0 Å². The Morgan fingerprint density at radius 1 is 1.33 bits per heavy atom. The van der Waals surface area contributed by atoms with Gasteiger partial charge in [-0.25, -0.2) is 0 Å². The van der Waals surface area contributed by atoms with Crippen molar-refractivity contribution in [3.05, 3.63) is 42.0 Å². The summed E-state index contributed by atoms with van der Waals surface area (Å²) in [6, 6.07) is 6.76. The number of phenols is 1. The number of aromatic hydroxyl groups is 1. The molecule has 3 nitrogen and oxygen atoms in total. The topological polar surface area (TPSA) is 40.5 Å². The second kappa shape index (κ2) is 4.64. The van der Waals surface area contributed by atoms with Crippen LogP contribution in [0.2, 0.25) is 0 Å². The second-order valence-electron chi connectivity index (χ2n) is 3.65. The molecule has 0 atom stereocenters. The van der Waals surface area contributed by atoms with Gasteiger partial charge in [0.15, 0.2) is 0 Å². The van der Waals surface area contributed by atoms with Gasteiger partial charge in [-0.2, -0.15) is 0 Å². The third-order valence-corrected chi connectivity index (χ3v) is 2.06. The van der Waals surface area contributed by atoms with Crippen molar-refractivity contribution in [2.24, 2.45) is 0 Å². The number of nitrogens with zero attached hydrogens (tertiary/aromatic N) is 1. The van der Waals surface area contributed by atoms with E-state index in [1.54, 1.807) is 38.4 Å². The maximum absolute atomic E-state index is 11.5. The van der Waals surface area contributed by atoms with Crippen LogP contribution in [0, 0.1) is 0 Å². The van der Waals surface area contributed by atoms with E-state index in [1.165, 1.54) is 4.90 Å². The Bertz CT molecular complexity index is 366. The maximum atomic E-state index is 11.5. The minimum atomic E-state index is -0.0666. The Hall–Kier alpha value is -1.77. The van der Waals surface area contributed by atoms with Crippen LogP contribution in [0.4, 0.5) is 0 Å². The minimum absolute atomic E-state index is 0.0666. The summed E-state index contributed by atoms with van der Waals surface area (Å²) in [6.07, 6.45) is 0.511. The van der Waals surface area contributed by atoms with Gasteiger partial charge in [-0.15, -0.1) is 0 Å². The van der Waals surface area contributed by atoms with Gasteiger partial charge >= 0.3 is 0 Å². The Morgan fingerprint density at radius 2 is 1.87 bits per heavy atom. The van der Waals surface area contributed by atoms with E-state index >= 15 is 0 Å². The molecule has 0 spiro atoms. The van der Waals surface area contributed by atoms with Gasteiger partial charge in [0.1, 0.15) is 5.75 Å². The first-order valence-corrected chi connectivity index (χ1v) is 4.68. The number of phenolic OH excluding ortho intramolecular Hbond substituents is 1. The summed E-state index contributed by atoms with van der Waals surface area (Å²) in [6.45, 7) is 3.74. The highest BCUT2D eigenvalue weighted by atomic mass is 16.3. The van der Waals surface area contributed by atoms with Crippen molar-refractivity contribution in [1.82, 2.24) is 4.90 Å². The predicted molar refractivity (Wildman–Crippen MR) is 59.6 cm³/mol. The van der Waals surface area contributed by atoms with Crippen LogP contribution in [0.15, 0.2) is 36.4 Å². The van der Waals surface area contributed by atoms with Gasteiger partial charge in [0, 0.05) is 26.1 Å². The lowest BCUT2D eigenvalue weighted by Gasteiger charge is -2.12. The molecule has 15 heavy (non-hydrogen) atoms. The van der Waals surface area contributed by atoms with Crippen molar-refractivity contribution < 1.29 is 9.90 Å². The highest BCUT2D eigenvalue weighted by Gasteiger charge is 2.09. The number of benzene rings is 1. The van der Waals surface area contributed by atoms with Crippen LogP contribution in [0.3, 0.4) is 0 Å². The van der Waals surface area contributed by atoms with E-state index in [2.05, 4.69) is 6.58 Å². The molecule has 1 rings (SSSR count). The zero-order chi connectivity index (χ0) is 11.4. The highest BCUT2D eigenvalue weighted by molar-refractivity contribution is 5.92. The number of rotatable bonds is 3. The lowest BCUT2D eigenvalue weighted by molar-refractivity contribution is -0.124. The third kappa shape index (κ3) is 3.13. The molecule has 1 aromatic rings. The minimum Gasteiger partial charge on any atom is -0.508 e. The van der Waals surface area contributed by atoms with E-state index in [0.717, 1.165) is 5.56 Å². The first-order chi connectivity index (χ1) is 7.00. The normalized spacial score (nSPS) is 9.73. The fourth-order valence-electron chi connectivity index (χ4n) is 1.25. The van der Waals surface area contributed by atoms with E-state index in [0.29, 0.717) is 12.0 Å². The number of carbonyl (C=O) groups excluding carboxylic acids is 1. The van der Waals surface area contributed by atoms with Crippen molar-refractivity contribution in [3.63, 3.8) is 0 Å². The van der Waals surface area contributed by atoms with E-state index < -0.39 is 0 Å². The zero-order valence-corrected chi connectivity index (χ0v) is 9.03. The molecule has 1 N–H and O–H groups in total. The van der Waals surface area contributed by atoms with E-state index in [1.807, 2.05) is 0 Å². The molecular formula is C12H15NO2. The fourth-order valence-corrected chi connectivity index (χ4v) is 1.25. The standard InChI is InChI=1S/C12H15NO2/c1-9(12(15)13(2)3)8-10-4-6-11(14)7-5-10/h4-7,14H,1,8H2,2-3H3. The number of carbonyl (C=O) groups is 1. The van der Waals surface area contributed by atoms with Crippen molar-refractivity contribution in [2.75, 3.05) is 14.1 Å². The Kier molecular flexibility index (Phi) is 3.50. The van der Waals surface area contributed by atoms with Crippen LogP contribution in [-0.4, -0.2) is 30.0 Å². The molecule has 0 radical (unpaired) electrons. The molecule has 80 valence electrons. The zero-order valence-electron chi connectivity index (χ0n) is 9.03. The van der Waals surface area contributed by atoms with E-state index in [-0.39, 0.29) is 11.7 Å². The summed E-state index contributed by atoms with van der Waals surface area (Å²) in [5.41, 5.74) is 1.51. The highest BCUT2D eigenvalue weighted by Crippen LogP contribution is 2.13. The lowest BCUT2D eigenvalue weighted by atomic mass is 10.1. The van der Waals surface area contributed by atoms with Crippen molar-refractivity contribution >= 4 is 5.91 Å². The molecule has 0 aromatic heterocycles. The second-order valence-corrected chi connectivity index (χ2v) is 3.65. The average Bonchev–Trinajstić information content (AvgIpc) is 2.20. The predicted octanol–water partition coefficient (Wildman–Crippen LogP) is 1.58. The molecule has 0 aliphatic heterocycles. The maximum Gasteiger partial charge on any atom is 0.248 e. The molecule has 0 aliphatic rings. The molecule has 0 bridgehead atoms. The van der Waals surface area contributed by atoms with Gasteiger partial charge in [0.2, 0.25) is 5.91 Å². The van der Waals surface area contributed by atoms with Crippen molar-refractivity contribution in [1.29, 1.82) is 0 Å². The van der Waals surface area contributed by atoms with Gasteiger partial charge in [0.25, 0.3) is 0 Å². The SMILES string of the molecule is C=C(Cc1ccc(O)cc1)C(=O)N(C)C. The molecule has 0 aliphatic carbocycles. The molecule has 0 fully saturated rings. The molecular weight excluding hydrogens is 190 g/mol. The van der Waals surface area contributed by atoms with E-state index in [9.17, 15) is 4.79 Å². The van der Waals surface area contributed by atoms with Crippen molar-refractivity contribution in [2.45, 2.75) is 6.42 Å². The summed E-state index contributed by atoms with van der Waals surface area (Å²) in [7, 11) is 3.40. The van der Waals surface area contributed by atoms with Crippen LogP contribution >= 0.6 is 0 Å². The van der Waals surface area contributed by atoms with Crippen molar-refractivity contribution in [3.8, 4) is 5.75 Å². The molecule has 0 unspecified atom stereocenters.